The minimum atomic E-state index is -1.01. The Morgan fingerprint density at radius 3 is 2.85 bits per heavy atom. The van der Waals surface area contributed by atoms with Crippen molar-refractivity contribution in [1.82, 2.24) is 4.90 Å². The molecule has 0 aromatic heterocycles. The van der Waals surface area contributed by atoms with Crippen molar-refractivity contribution in [2.24, 2.45) is 5.92 Å². The largest absolute Gasteiger partial charge is 0.477 e. The molecule has 0 aromatic rings. The number of aliphatic carboxylic acids is 1. The zero-order valence-corrected chi connectivity index (χ0v) is 11.8. The van der Waals surface area contributed by atoms with Crippen molar-refractivity contribution >= 4 is 11.9 Å². The molecule has 3 atom stereocenters. The number of fused-ring (bicyclic) bond motifs is 3. The minimum Gasteiger partial charge on any atom is -0.477 e. The highest BCUT2D eigenvalue weighted by molar-refractivity contribution is 6.09. The second-order valence-corrected chi connectivity index (χ2v) is 5.45. The average Bonchev–Trinajstić information content (AvgIpc) is 2.72. The first kappa shape index (κ1) is 13.4. The highest BCUT2D eigenvalue weighted by Gasteiger charge is 2.58. The molecule has 2 heterocycles. The van der Waals surface area contributed by atoms with Crippen LogP contribution >= 0.6 is 0 Å². The zero-order chi connectivity index (χ0) is 14.4. The Morgan fingerprint density at radius 2 is 2.25 bits per heavy atom. The van der Waals surface area contributed by atoms with E-state index in [1.54, 1.807) is 0 Å². The van der Waals surface area contributed by atoms with Crippen molar-refractivity contribution in [2.45, 2.75) is 45.3 Å². The van der Waals surface area contributed by atoms with Gasteiger partial charge in [-0.3, -0.25) is 9.69 Å². The SMILES string of the molecule is C/C=C1/C(=O)N2C(C(=O)O)=C3[C@@H](CCC[C@H]3OCC)[C@H]12. The summed E-state index contributed by atoms with van der Waals surface area (Å²) in [6.07, 6.45) is 4.45. The van der Waals surface area contributed by atoms with Crippen LogP contribution in [0.5, 0.6) is 0 Å². The van der Waals surface area contributed by atoms with Crippen LogP contribution in [0.3, 0.4) is 0 Å². The van der Waals surface area contributed by atoms with Gasteiger partial charge in [-0.15, -0.1) is 0 Å². The molecule has 0 bridgehead atoms. The zero-order valence-electron chi connectivity index (χ0n) is 11.8. The van der Waals surface area contributed by atoms with Gasteiger partial charge in [0.25, 0.3) is 5.91 Å². The van der Waals surface area contributed by atoms with Gasteiger partial charge in [-0.1, -0.05) is 6.08 Å². The number of nitrogens with zero attached hydrogens (tertiary/aromatic N) is 1. The Balaban J connectivity index is 2.06. The summed E-state index contributed by atoms with van der Waals surface area (Å²) in [5, 5.41) is 9.51. The summed E-state index contributed by atoms with van der Waals surface area (Å²) < 4.78 is 5.73. The second-order valence-electron chi connectivity index (χ2n) is 5.45. The molecule has 1 aliphatic carbocycles. The first-order valence-electron chi connectivity index (χ1n) is 7.20. The number of carboxylic acid groups (broad SMARTS) is 1. The summed E-state index contributed by atoms with van der Waals surface area (Å²) in [5.74, 6) is -1.05. The van der Waals surface area contributed by atoms with Crippen molar-refractivity contribution in [2.75, 3.05) is 6.61 Å². The van der Waals surface area contributed by atoms with Crippen LogP contribution in [-0.2, 0) is 14.3 Å². The molecule has 20 heavy (non-hydrogen) atoms. The Kier molecular flexibility index (Phi) is 3.17. The lowest BCUT2D eigenvalue weighted by atomic mass is 9.75. The van der Waals surface area contributed by atoms with Gasteiger partial charge >= 0.3 is 5.97 Å². The molecule has 0 radical (unpaired) electrons. The maximum Gasteiger partial charge on any atom is 0.352 e. The number of carboxylic acids is 1. The molecule has 1 amide bonds. The number of ether oxygens (including phenoxy) is 1. The summed E-state index contributed by atoms with van der Waals surface area (Å²) in [6.45, 7) is 4.31. The van der Waals surface area contributed by atoms with Crippen LogP contribution < -0.4 is 0 Å². The van der Waals surface area contributed by atoms with E-state index >= 15 is 0 Å². The molecule has 108 valence electrons. The lowest BCUT2D eigenvalue weighted by Crippen LogP contribution is -2.54. The molecular formula is C15H19NO4. The van der Waals surface area contributed by atoms with E-state index < -0.39 is 5.97 Å². The molecule has 1 N–H and O–H groups in total. The Hall–Kier alpha value is -1.62. The number of carbonyl (C=O) groups is 2. The Labute approximate surface area is 117 Å². The lowest BCUT2D eigenvalue weighted by Gasteiger charge is -2.42. The van der Waals surface area contributed by atoms with Crippen molar-refractivity contribution in [3.05, 3.63) is 22.9 Å². The van der Waals surface area contributed by atoms with Crippen LogP contribution in [0, 0.1) is 5.92 Å². The Morgan fingerprint density at radius 1 is 1.50 bits per heavy atom. The fourth-order valence-electron chi connectivity index (χ4n) is 3.87. The highest BCUT2D eigenvalue weighted by Crippen LogP contribution is 2.51. The predicted octanol–water partition coefficient (Wildman–Crippen LogP) is 1.70. The molecular weight excluding hydrogens is 258 g/mol. The van der Waals surface area contributed by atoms with Crippen LogP contribution in [0.1, 0.15) is 33.1 Å². The number of hydrogen-bond acceptors (Lipinski definition) is 3. The van der Waals surface area contributed by atoms with Crippen LogP contribution in [0.15, 0.2) is 22.9 Å². The van der Waals surface area contributed by atoms with Gasteiger partial charge in [0.2, 0.25) is 0 Å². The van der Waals surface area contributed by atoms with Gasteiger partial charge in [0.05, 0.1) is 12.1 Å². The minimum absolute atomic E-state index is 0.0724. The third kappa shape index (κ3) is 1.59. The van der Waals surface area contributed by atoms with Crippen LogP contribution in [-0.4, -0.2) is 40.6 Å². The van der Waals surface area contributed by atoms with Crippen LogP contribution in [0.2, 0.25) is 0 Å². The molecule has 0 unspecified atom stereocenters. The number of β-lactam (4-membered cyclic amide) rings is 1. The van der Waals surface area contributed by atoms with E-state index in [4.69, 9.17) is 4.74 Å². The molecule has 0 spiro atoms. The third-order valence-corrected chi connectivity index (χ3v) is 4.57. The molecule has 2 fully saturated rings. The highest BCUT2D eigenvalue weighted by atomic mass is 16.5. The van der Waals surface area contributed by atoms with Crippen molar-refractivity contribution in [3.8, 4) is 0 Å². The number of amides is 1. The fraction of sp³-hybridized carbons (Fsp3) is 0.600. The van der Waals surface area contributed by atoms with E-state index in [2.05, 4.69) is 0 Å². The molecule has 1 saturated carbocycles. The van der Waals surface area contributed by atoms with E-state index in [9.17, 15) is 14.7 Å². The van der Waals surface area contributed by atoms with Gasteiger partial charge in [-0.25, -0.2) is 4.79 Å². The monoisotopic (exact) mass is 277 g/mol. The van der Waals surface area contributed by atoms with Gasteiger partial charge in [-0.05, 0) is 38.7 Å². The van der Waals surface area contributed by atoms with Crippen LogP contribution in [0.25, 0.3) is 0 Å². The summed E-state index contributed by atoms with van der Waals surface area (Å²) >= 11 is 0. The molecule has 5 heteroatoms. The smallest absolute Gasteiger partial charge is 0.352 e. The van der Waals surface area contributed by atoms with Crippen molar-refractivity contribution in [3.63, 3.8) is 0 Å². The topological polar surface area (TPSA) is 66.8 Å². The summed E-state index contributed by atoms with van der Waals surface area (Å²) in [7, 11) is 0. The third-order valence-electron chi connectivity index (χ3n) is 4.57. The van der Waals surface area contributed by atoms with E-state index in [0.717, 1.165) is 30.4 Å². The summed E-state index contributed by atoms with van der Waals surface area (Å²) in [4.78, 5) is 25.2. The first-order valence-corrected chi connectivity index (χ1v) is 7.20. The van der Waals surface area contributed by atoms with Crippen LogP contribution in [0.4, 0.5) is 0 Å². The molecule has 5 nitrogen and oxygen atoms in total. The number of rotatable bonds is 3. The van der Waals surface area contributed by atoms with E-state index in [0.29, 0.717) is 6.61 Å². The van der Waals surface area contributed by atoms with E-state index in [1.807, 2.05) is 19.9 Å². The van der Waals surface area contributed by atoms with Crippen molar-refractivity contribution < 1.29 is 19.4 Å². The summed E-state index contributed by atoms with van der Waals surface area (Å²) in [5.41, 5.74) is 1.76. The van der Waals surface area contributed by atoms with Gasteiger partial charge in [0.15, 0.2) is 0 Å². The van der Waals surface area contributed by atoms with E-state index in [1.165, 1.54) is 4.90 Å². The average molecular weight is 277 g/mol. The quantitative estimate of drug-likeness (QED) is 0.630. The molecule has 3 aliphatic rings. The maximum atomic E-state index is 12.1. The Bertz CT molecular complexity index is 532. The number of carbonyl (C=O) groups excluding carboxylic acids is 1. The van der Waals surface area contributed by atoms with E-state index in [-0.39, 0.29) is 29.7 Å². The molecule has 1 saturated heterocycles. The first-order chi connectivity index (χ1) is 9.61. The van der Waals surface area contributed by atoms with Crippen molar-refractivity contribution in [1.29, 1.82) is 0 Å². The predicted molar refractivity (Wildman–Crippen MR) is 71.8 cm³/mol. The standard InChI is InChI=1S/C15H19NO4/c1-3-8-12-9-6-5-7-10(20-4-2)11(9)13(15(18)19)16(12)14(8)17/h3,9-10,12H,4-7H2,1-2H3,(H,18,19)/b8-3+/t9-,10-,12+/m1/s1. The molecule has 2 aliphatic heterocycles. The van der Waals surface area contributed by atoms with Gasteiger partial charge in [-0.2, -0.15) is 0 Å². The molecule has 0 aromatic carbocycles. The fourth-order valence-corrected chi connectivity index (χ4v) is 3.87. The second kappa shape index (κ2) is 4.74. The maximum absolute atomic E-state index is 12.1. The normalized spacial score (nSPS) is 34.1. The van der Waals surface area contributed by atoms with Gasteiger partial charge in [0.1, 0.15) is 5.70 Å². The van der Waals surface area contributed by atoms with Gasteiger partial charge < -0.3 is 9.84 Å². The molecule has 3 rings (SSSR count). The lowest BCUT2D eigenvalue weighted by molar-refractivity contribution is -0.142. The number of hydrogen-bond donors (Lipinski definition) is 1. The number of allylic oxidation sites excluding steroid dienone is 1. The summed E-state index contributed by atoms with van der Waals surface area (Å²) in [6, 6.07) is -0.0724. The van der Waals surface area contributed by atoms with Gasteiger partial charge in [0, 0.05) is 18.1 Å².